The molecule has 1 aliphatic heterocycles. The predicted octanol–water partition coefficient (Wildman–Crippen LogP) is 4.27. The Hall–Kier alpha value is -2.49. The monoisotopic (exact) mass is 337 g/mol. The maximum absolute atomic E-state index is 12.6. The van der Waals surface area contributed by atoms with Crippen LogP contribution in [0, 0.1) is 27.7 Å². The van der Waals surface area contributed by atoms with Crippen molar-refractivity contribution >= 4 is 17.4 Å². The van der Waals surface area contributed by atoms with Gasteiger partial charge in [0, 0.05) is 37.6 Å². The lowest BCUT2D eigenvalue weighted by Crippen LogP contribution is -2.50. The molecule has 132 valence electrons. The van der Waals surface area contributed by atoms with Gasteiger partial charge in [0.05, 0.1) is 0 Å². The van der Waals surface area contributed by atoms with E-state index in [1.54, 1.807) is 0 Å². The second-order valence-electron chi connectivity index (χ2n) is 6.94. The predicted molar refractivity (Wildman–Crippen MR) is 105 cm³/mol. The summed E-state index contributed by atoms with van der Waals surface area (Å²) in [6, 6.07) is 12.6. The molecule has 1 heterocycles. The quantitative estimate of drug-likeness (QED) is 0.888. The lowest BCUT2D eigenvalue weighted by Gasteiger charge is -2.37. The molecular formula is C21H27N3O. The molecule has 0 aliphatic carbocycles. The van der Waals surface area contributed by atoms with Crippen LogP contribution in [-0.2, 0) is 0 Å². The van der Waals surface area contributed by atoms with Crippen LogP contribution in [0.4, 0.5) is 16.2 Å². The molecule has 0 atom stereocenters. The fraction of sp³-hybridized carbons (Fsp3) is 0.381. The number of urea groups is 1. The summed E-state index contributed by atoms with van der Waals surface area (Å²) in [5, 5.41) is 3.06. The van der Waals surface area contributed by atoms with E-state index in [0.717, 1.165) is 43.0 Å². The first-order valence-electron chi connectivity index (χ1n) is 8.90. The third-order valence-electron chi connectivity index (χ3n) is 5.12. The van der Waals surface area contributed by atoms with Gasteiger partial charge in [-0.1, -0.05) is 24.3 Å². The Balaban J connectivity index is 1.63. The van der Waals surface area contributed by atoms with Crippen LogP contribution in [0.25, 0.3) is 0 Å². The third kappa shape index (κ3) is 3.78. The molecular weight excluding hydrogens is 310 g/mol. The van der Waals surface area contributed by atoms with Gasteiger partial charge in [-0.3, -0.25) is 0 Å². The molecule has 0 bridgehead atoms. The molecule has 25 heavy (non-hydrogen) atoms. The Kier molecular flexibility index (Phi) is 4.98. The molecule has 1 fully saturated rings. The minimum Gasteiger partial charge on any atom is -0.368 e. The second-order valence-corrected chi connectivity index (χ2v) is 6.94. The highest BCUT2D eigenvalue weighted by atomic mass is 16.2. The van der Waals surface area contributed by atoms with E-state index < -0.39 is 0 Å². The van der Waals surface area contributed by atoms with Crippen LogP contribution < -0.4 is 10.2 Å². The lowest BCUT2D eigenvalue weighted by molar-refractivity contribution is 0.208. The van der Waals surface area contributed by atoms with Crippen molar-refractivity contribution < 1.29 is 4.79 Å². The standard InChI is InChI=1S/C21H27N3O/c1-15-8-9-17(3)19(14-15)22-21(25)24-12-10-23(11-13-24)20-7-5-6-16(2)18(20)4/h5-9,14H,10-13H2,1-4H3,(H,22,25). The second kappa shape index (κ2) is 7.18. The number of amides is 2. The summed E-state index contributed by atoms with van der Waals surface area (Å²) >= 11 is 0. The van der Waals surface area contributed by atoms with Crippen molar-refractivity contribution in [1.82, 2.24) is 4.90 Å². The van der Waals surface area contributed by atoms with E-state index in [1.807, 2.05) is 30.9 Å². The maximum Gasteiger partial charge on any atom is 0.321 e. The number of anilines is 2. The molecule has 2 aromatic carbocycles. The third-order valence-corrected chi connectivity index (χ3v) is 5.12. The molecule has 3 rings (SSSR count). The largest absolute Gasteiger partial charge is 0.368 e. The maximum atomic E-state index is 12.6. The highest BCUT2D eigenvalue weighted by Gasteiger charge is 2.22. The zero-order valence-electron chi connectivity index (χ0n) is 15.6. The smallest absolute Gasteiger partial charge is 0.321 e. The minimum absolute atomic E-state index is 0.00526. The number of piperazine rings is 1. The van der Waals surface area contributed by atoms with Crippen LogP contribution in [0.15, 0.2) is 36.4 Å². The van der Waals surface area contributed by atoms with Gasteiger partial charge in [-0.25, -0.2) is 4.79 Å². The van der Waals surface area contributed by atoms with Crippen LogP contribution in [-0.4, -0.2) is 37.1 Å². The first kappa shape index (κ1) is 17.3. The summed E-state index contributed by atoms with van der Waals surface area (Å²) in [6.07, 6.45) is 0. The number of benzene rings is 2. The number of hydrogen-bond acceptors (Lipinski definition) is 2. The molecule has 1 aliphatic rings. The average molecular weight is 337 g/mol. The van der Waals surface area contributed by atoms with E-state index in [2.05, 4.69) is 48.3 Å². The van der Waals surface area contributed by atoms with Gasteiger partial charge in [0.2, 0.25) is 0 Å². The van der Waals surface area contributed by atoms with Crippen LogP contribution in [0.1, 0.15) is 22.3 Å². The van der Waals surface area contributed by atoms with Crippen molar-refractivity contribution in [3.63, 3.8) is 0 Å². The van der Waals surface area contributed by atoms with Gasteiger partial charge in [0.1, 0.15) is 0 Å². The zero-order valence-corrected chi connectivity index (χ0v) is 15.6. The van der Waals surface area contributed by atoms with E-state index in [9.17, 15) is 4.79 Å². The molecule has 4 heteroatoms. The van der Waals surface area contributed by atoms with E-state index in [4.69, 9.17) is 0 Å². The molecule has 4 nitrogen and oxygen atoms in total. The van der Waals surface area contributed by atoms with Crippen molar-refractivity contribution in [2.24, 2.45) is 0 Å². The number of rotatable bonds is 2. The van der Waals surface area contributed by atoms with E-state index in [-0.39, 0.29) is 6.03 Å². The SMILES string of the molecule is Cc1ccc(C)c(NC(=O)N2CCN(c3cccc(C)c3C)CC2)c1. The van der Waals surface area contributed by atoms with E-state index >= 15 is 0 Å². The van der Waals surface area contributed by atoms with E-state index in [1.165, 1.54) is 16.8 Å². The Morgan fingerprint density at radius 3 is 2.36 bits per heavy atom. The lowest BCUT2D eigenvalue weighted by atomic mass is 10.1. The van der Waals surface area contributed by atoms with Crippen molar-refractivity contribution in [3.8, 4) is 0 Å². The highest BCUT2D eigenvalue weighted by Crippen LogP contribution is 2.24. The Morgan fingerprint density at radius 1 is 0.920 bits per heavy atom. The number of carbonyl (C=O) groups is 1. The summed E-state index contributed by atoms with van der Waals surface area (Å²) in [5.74, 6) is 0. The Morgan fingerprint density at radius 2 is 1.64 bits per heavy atom. The van der Waals surface area contributed by atoms with Crippen molar-refractivity contribution in [2.45, 2.75) is 27.7 Å². The fourth-order valence-electron chi connectivity index (χ4n) is 3.29. The van der Waals surface area contributed by atoms with Crippen LogP contribution in [0.5, 0.6) is 0 Å². The Bertz CT molecular complexity index is 777. The van der Waals surface area contributed by atoms with Crippen molar-refractivity contribution in [1.29, 1.82) is 0 Å². The molecule has 0 saturated carbocycles. The topological polar surface area (TPSA) is 35.6 Å². The summed E-state index contributed by atoms with van der Waals surface area (Å²) < 4.78 is 0. The average Bonchev–Trinajstić information content (AvgIpc) is 2.61. The number of nitrogens with one attached hydrogen (secondary N) is 1. The van der Waals surface area contributed by atoms with Gasteiger partial charge in [-0.05, 0) is 62.1 Å². The van der Waals surface area contributed by atoms with Crippen molar-refractivity contribution in [3.05, 3.63) is 58.7 Å². The Labute approximate surface area is 150 Å². The van der Waals surface area contributed by atoms with Gasteiger partial charge >= 0.3 is 6.03 Å². The van der Waals surface area contributed by atoms with Crippen LogP contribution >= 0.6 is 0 Å². The van der Waals surface area contributed by atoms with E-state index in [0.29, 0.717) is 0 Å². The molecule has 0 unspecified atom stereocenters. The van der Waals surface area contributed by atoms with Crippen LogP contribution in [0.2, 0.25) is 0 Å². The van der Waals surface area contributed by atoms with Gasteiger partial charge in [-0.15, -0.1) is 0 Å². The minimum atomic E-state index is -0.00526. The molecule has 0 spiro atoms. The molecule has 2 amide bonds. The number of aryl methyl sites for hydroxylation is 3. The first-order valence-corrected chi connectivity index (χ1v) is 8.90. The molecule has 1 N–H and O–H groups in total. The first-order chi connectivity index (χ1) is 12.0. The number of nitrogens with zero attached hydrogens (tertiary/aromatic N) is 2. The fourth-order valence-corrected chi connectivity index (χ4v) is 3.29. The molecule has 1 saturated heterocycles. The molecule has 0 radical (unpaired) electrons. The van der Waals surface area contributed by atoms with Crippen LogP contribution in [0.3, 0.4) is 0 Å². The van der Waals surface area contributed by atoms with Gasteiger partial charge in [-0.2, -0.15) is 0 Å². The zero-order chi connectivity index (χ0) is 18.0. The van der Waals surface area contributed by atoms with Gasteiger partial charge in [0.25, 0.3) is 0 Å². The number of carbonyl (C=O) groups excluding carboxylic acids is 1. The number of hydrogen-bond donors (Lipinski definition) is 1. The van der Waals surface area contributed by atoms with Crippen molar-refractivity contribution in [2.75, 3.05) is 36.4 Å². The summed E-state index contributed by atoms with van der Waals surface area (Å²) in [6.45, 7) is 11.6. The highest BCUT2D eigenvalue weighted by molar-refractivity contribution is 5.90. The molecule has 2 aromatic rings. The molecule has 0 aromatic heterocycles. The normalized spacial score (nSPS) is 14.6. The van der Waals surface area contributed by atoms with Gasteiger partial charge < -0.3 is 15.1 Å². The summed E-state index contributed by atoms with van der Waals surface area (Å²) in [5.41, 5.74) is 7.08. The van der Waals surface area contributed by atoms with Gasteiger partial charge in [0.15, 0.2) is 0 Å². The summed E-state index contributed by atoms with van der Waals surface area (Å²) in [7, 11) is 0. The summed E-state index contributed by atoms with van der Waals surface area (Å²) in [4.78, 5) is 16.9.